The summed E-state index contributed by atoms with van der Waals surface area (Å²) >= 11 is 0. The molecule has 4 rings (SSSR count). The number of amides is 3. The number of carbonyl (C=O) groups is 3. The Bertz CT molecular complexity index is 837. The lowest BCUT2D eigenvalue weighted by molar-refractivity contribution is -0.149. The summed E-state index contributed by atoms with van der Waals surface area (Å²) in [5.41, 5.74) is 2.85. The van der Waals surface area contributed by atoms with Crippen LogP contribution in [0.15, 0.2) is 30.3 Å². The number of piperazine rings is 1. The molecule has 3 aliphatic rings. The second kappa shape index (κ2) is 11.6. The lowest BCUT2D eigenvalue weighted by atomic mass is 9.76. The molecule has 2 saturated carbocycles. The van der Waals surface area contributed by atoms with Crippen molar-refractivity contribution in [2.24, 2.45) is 11.8 Å². The number of rotatable bonds is 5. The molecule has 1 aromatic carbocycles. The largest absolute Gasteiger partial charge is 0.446 e. The van der Waals surface area contributed by atoms with Gasteiger partial charge in [0.2, 0.25) is 11.8 Å². The zero-order valence-corrected chi connectivity index (χ0v) is 19.7. The summed E-state index contributed by atoms with van der Waals surface area (Å²) in [4.78, 5) is 42.2. The van der Waals surface area contributed by atoms with E-state index >= 15 is 0 Å². The number of nitrogens with zero attached hydrogens (tertiary/aromatic N) is 2. The number of hydrogen-bond donors (Lipinski definition) is 3. The molecule has 3 amide bonds. The second-order valence-corrected chi connectivity index (χ2v) is 9.66. The molecule has 9 nitrogen and oxygen atoms in total. The van der Waals surface area contributed by atoms with Crippen molar-refractivity contribution in [1.29, 1.82) is 0 Å². The van der Waals surface area contributed by atoms with Gasteiger partial charge in [0.15, 0.2) is 0 Å². The van der Waals surface area contributed by atoms with Gasteiger partial charge in [0.05, 0.1) is 11.8 Å². The molecular formula is C25H36N4O5. The van der Waals surface area contributed by atoms with Gasteiger partial charge >= 0.3 is 6.09 Å². The third kappa shape index (κ3) is 6.00. The molecule has 0 spiro atoms. The van der Waals surface area contributed by atoms with Gasteiger partial charge in [-0.05, 0) is 44.2 Å². The van der Waals surface area contributed by atoms with Crippen LogP contribution >= 0.6 is 0 Å². The minimum absolute atomic E-state index is 0.0635. The van der Waals surface area contributed by atoms with Crippen molar-refractivity contribution >= 4 is 23.6 Å². The Morgan fingerprint density at radius 2 is 1.59 bits per heavy atom. The Morgan fingerprint density at radius 3 is 2.26 bits per heavy atom. The number of hydrogen-bond acceptors (Lipinski definition) is 6. The number of para-hydroxylation sites is 1. The highest BCUT2D eigenvalue weighted by Crippen LogP contribution is 2.34. The van der Waals surface area contributed by atoms with Crippen LogP contribution in [0.5, 0.6) is 0 Å². The van der Waals surface area contributed by atoms with E-state index in [1.54, 1.807) is 5.48 Å². The fourth-order valence-corrected chi connectivity index (χ4v) is 5.56. The molecule has 0 radical (unpaired) electrons. The topological polar surface area (TPSA) is 111 Å². The van der Waals surface area contributed by atoms with Gasteiger partial charge in [-0.2, -0.15) is 0 Å². The Hall–Kier alpha value is -2.81. The van der Waals surface area contributed by atoms with Crippen molar-refractivity contribution in [2.45, 2.75) is 63.5 Å². The van der Waals surface area contributed by atoms with E-state index in [-0.39, 0.29) is 18.4 Å². The first-order valence-electron chi connectivity index (χ1n) is 12.5. The molecule has 186 valence electrons. The third-order valence-electron chi connectivity index (χ3n) is 7.48. The normalized spacial score (nSPS) is 26.0. The number of carbonyl (C=O) groups excluding carboxylic acids is 3. The summed E-state index contributed by atoms with van der Waals surface area (Å²) in [6, 6.07) is 10.2. The van der Waals surface area contributed by atoms with Gasteiger partial charge in [0.25, 0.3) is 0 Å². The Labute approximate surface area is 200 Å². The fourth-order valence-electron chi connectivity index (χ4n) is 5.56. The number of benzene rings is 1. The highest BCUT2D eigenvalue weighted by molar-refractivity contribution is 5.87. The summed E-state index contributed by atoms with van der Waals surface area (Å²) < 4.78 is 5.61. The number of hydroxylamine groups is 1. The molecule has 3 unspecified atom stereocenters. The average molecular weight is 473 g/mol. The van der Waals surface area contributed by atoms with Crippen LogP contribution in [0.2, 0.25) is 0 Å². The molecule has 34 heavy (non-hydrogen) atoms. The van der Waals surface area contributed by atoms with Crippen LogP contribution < -0.4 is 15.7 Å². The quantitative estimate of drug-likeness (QED) is 0.449. The molecule has 9 heteroatoms. The van der Waals surface area contributed by atoms with Crippen LogP contribution in [-0.2, 0) is 14.3 Å². The zero-order chi connectivity index (χ0) is 23.9. The number of ether oxygens (including phenoxy) is 1. The summed E-state index contributed by atoms with van der Waals surface area (Å²) in [5.74, 6) is -1.92. The van der Waals surface area contributed by atoms with Gasteiger partial charge in [-0.3, -0.25) is 14.8 Å². The number of anilines is 1. The molecule has 1 saturated heterocycles. The summed E-state index contributed by atoms with van der Waals surface area (Å²) in [5, 5.41) is 12.2. The van der Waals surface area contributed by atoms with E-state index in [0.29, 0.717) is 25.9 Å². The molecule has 0 aromatic heterocycles. The van der Waals surface area contributed by atoms with E-state index in [4.69, 9.17) is 4.74 Å². The van der Waals surface area contributed by atoms with Gasteiger partial charge in [-0.1, -0.05) is 37.5 Å². The molecular weight excluding hydrogens is 436 g/mol. The highest BCUT2D eigenvalue weighted by atomic mass is 16.6. The van der Waals surface area contributed by atoms with Gasteiger partial charge in [-0.25, -0.2) is 10.3 Å². The van der Waals surface area contributed by atoms with E-state index in [1.165, 1.54) is 6.42 Å². The molecule has 2 aliphatic carbocycles. The lowest BCUT2D eigenvalue weighted by Crippen LogP contribution is -2.53. The van der Waals surface area contributed by atoms with Gasteiger partial charge in [-0.15, -0.1) is 0 Å². The minimum atomic E-state index is -0.731. The maximum Gasteiger partial charge on any atom is 0.407 e. The standard InChI is InChI=1S/C25H36N4O5/c30-23(27-33)22-17-20(34-25(32)26-18-7-3-1-4-8-18)11-12-21(22)24(31)29-15-13-28(14-16-29)19-9-5-2-6-10-19/h2,5-6,9-10,18,20-22,33H,1,3-4,7-8,11-17H2,(H,26,32)(H,27,30). The molecule has 1 aliphatic heterocycles. The van der Waals surface area contributed by atoms with Crippen molar-refractivity contribution in [1.82, 2.24) is 15.7 Å². The molecule has 0 bridgehead atoms. The van der Waals surface area contributed by atoms with E-state index in [0.717, 1.165) is 44.5 Å². The van der Waals surface area contributed by atoms with Crippen LogP contribution in [0.25, 0.3) is 0 Å². The predicted molar refractivity (Wildman–Crippen MR) is 126 cm³/mol. The number of nitrogens with one attached hydrogen (secondary N) is 2. The van der Waals surface area contributed by atoms with Crippen molar-refractivity contribution in [3.63, 3.8) is 0 Å². The molecule has 3 atom stereocenters. The molecule has 3 fully saturated rings. The monoisotopic (exact) mass is 472 g/mol. The van der Waals surface area contributed by atoms with Crippen molar-refractivity contribution < 1.29 is 24.3 Å². The lowest BCUT2D eigenvalue weighted by Gasteiger charge is -2.40. The van der Waals surface area contributed by atoms with Crippen LogP contribution in [0, 0.1) is 11.8 Å². The van der Waals surface area contributed by atoms with Crippen LogP contribution in [0.3, 0.4) is 0 Å². The first kappa shape index (κ1) is 24.3. The van der Waals surface area contributed by atoms with Crippen LogP contribution in [0.4, 0.5) is 10.5 Å². The predicted octanol–water partition coefficient (Wildman–Crippen LogP) is 2.68. The molecule has 1 aromatic rings. The van der Waals surface area contributed by atoms with Gasteiger partial charge < -0.3 is 19.9 Å². The Kier molecular flexibility index (Phi) is 8.26. The first-order chi connectivity index (χ1) is 16.5. The molecule has 3 N–H and O–H groups in total. The van der Waals surface area contributed by atoms with Crippen LogP contribution in [-0.4, -0.2) is 66.3 Å². The third-order valence-corrected chi connectivity index (χ3v) is 7.48. The van der Waals surface area contributed by atoms with E-state index in [1.807, 2.05) is 23.1 Å². The fraction of sp³-hybridized carbons (Fsp3) is 0.640. The second-order valence-electron chi connectivity index (χ2n) is 9.66. The van der Waals surface area contributed by atoms with Crippen molar-refractivity contribution in [3.05, 3.63) is 30.3 Å². The minimum Gasteiger partial charge on any atom is -0.446 e. The van der Waals surface area contributed by atoms with E-state index in [9.17, 15) is 19.6 Å². The zero-order valence-electron chi connectivity index (χ0n) is 19.7. The average Bonchev–Trinajstić information content (AvgIpc) is 2.89. The van der Waals surface area contributed by atoms with Gasteiger partial charge in [0.1, 0.15) is 6.10 Å². The van der Waals surface area contributed by atoms with Crippen LogP contribution in [0.1, 0.15) is 51.4 Å². The summed E-state index contributed by atoms with van der Waals surface area (Å²) in [7, 11) is 0. The van der Waals surface area contributed by atoms with Crippen molar-refractivity contribution in [2.75, 3.05) is 31.1 Å². The number of alkyl carbamates (subject to hydrolysis) is 1. The Morgan fingerprint density at radius 1 is 0.882 bits per heavy atom. The smallest absolute Gasteiger partial charge is 0.407 e. The van der Waals surface area contributed by atoms with E-state index in [2.05, 4.69) is 22.3 Å². The SMILES string of the molecule is O=C(NC1CCCCC1)OC1CCC(C(=O)N2CCN(c3ccccc3)CC2)C(C(=O)NO)C1. The summed E-state index contributed by atoms with van der Waals surface area (Å²) in [6.45, 7) is 2.63. The molecule has 1 heterocycles. The highest BCUT2D eigenvalue weighted by Gasteiger charge is 2.42. The first-order valence-corrected chi connectivity index (χ1v) is 12.5. The summed E-state index contributed by atoms with van der Waals surface area (Å²) in [6.07, 6.45) is 5.62. The van der Waals surface area contributed by atoms with Crippen molar-refractivity contribution in [3.8, 4) is 0 Å². The maximum atomic E-state index is 13.3. The Balaban J connectivity index is 1.31. The van der Waals surface area contributed by atoms with E-state index < -0.39 is 29.9 Å². The maximum absolute atomic E-state index is 13.3. The van der Waals surface area contributed by atoms with Gasteiger partial charge in [0, 0.05) is 37.9 Å².